The molecule has 20 heavy (non-hydrogen) atoms. The predicted molar refractivity (Wildman–Crippen MR) is 78.8 cm³/mol. The second-order valence-electron chi connectivity index (χ2n) is 5.32. The molecule has 1 amide bonds. The Kier molecular flexibility index (Phi) is 3.63. The van der Waals surface area contributed by atoms with Gasteiger partial charge in [0, 0.05) is 30.2 Å². The van der Waals surface area contributed by atoms with Gasteiger partial charge in [0.25, 0.3) is 0 Å². The first-order valence-corrected chi connectivity index (χ1v) is 7.28. The Hall–Kier alpha value is -1.97. The van der Waals surface area contributed by atoms with Gasteiger partial charge >= 0.3 is 6.09 Å². The number of benzene rings is 1. The maximum absolute atomic E-state index is 11.6. The molecule has 1 atom stereocenters. The van der Waals surface area contributed by atoms with Gasteiger partial charge in [-0.15, -0.1) is 0 Å². The minimum absolute atomic E-state index is 0.177. The van der Waals surface area contributed by atoms with E-state index in [2.05, 4.69) is 40.2 Å². The van der Waals surface area contributed by atoms with Gasteiger partial charge in [0.1, 0.15) is 0 Å². The van der Waals surface area contributed by atoms with E-state index < -0.39 is 0 Å². The molecule has 2 aromatic rings. The first kappa shape index (κ1) is 13.0. The van der Waals surface area contributed by atoms with E-state index >= 15 is 0 Å². The van der Waals surface area contributed by atoms with E-state index in [0.717, 1.165) is 25.8 Å². The van der Waals surface area contributed by atoms with E-state index in [-0.39, 0.29) is 12.1 Å². The molecular formula is C16H20N2O2. The second-order valence-corrected chi connectivity index (χ2v) is 5.32. The van der Waals surface area contributed by atoms with Gasteiger partial charge in [-0.2, -0.15) is 0 Å². The zero-order chi connectivity index (χ0) is 13.9. The first-order valence-electron chi connectivity index (χ1n) is 7.28. The van der Waals surface area contributed by atoms with Crippen molar-refractivity contribution in [3.8, 4) is 0 Å². The van der Waals surface area contributed by atoms with Crippen LogP contribution < -0.4 is 5.32 Å². The Labute approximate surface area is 118 Å². The summed E-state index contributed by atoms with van der Waals surface area (Å²) in [4.78, 5) is 11.6. The lowest BCUT2D eigenvalue weighted by atomic mass is 10.0. The highest BCUT2D eigenvalue weighted by Crippen LogP contribution is 2.25. The third-order valence-corrected chi connectivity index (χ3v) is 3.81. The van der Waals surface area contributed by atoms with Crippen LogP contribution in [0.2, 0.25) is 0 Å². The van der Waals surface area contributed by atoms with E-state index in [0.29, 0.717) is 6.61 Å². The molecule has 1 aliphatic heterocycles. The fourth-order valence-corrected chi connectivity index (χ4v) is 2.87. The number of carbonyl (C=O) groups is 1. The number of nitrogens with zero attached hydrogens (tertiary/aromatic N) is 1. The second kappa shape index (κ2) is 5.57. The standard InChI is InChI=1S/C16H20N2O2/c1-2-9-20-16(19)17-13-7-8-18-14(11-13)10-12-5-3-4-6-15(12)18/h3-6,10,13H,2,7-9,11H2,1H3,(H,17,19)/t13-/m0/s1. The highest BCUT2D eigenvalue weighted by Gasteiger charge is 2.22. The zero-order valence-electron chi connectivity index (χ0n) is 11.8. The minimum atomic E-state index is -0.290. The highest BCUT2D eigenvalue weighted by molar-refractivity contribution is 5.81. The smallest absolute Gasteiger partial charge is 0.407 e. The molecule has 1 aromatic carbocycles. The topological polar surface area (TPSA) is 43.3 Å². The molecular weight excluding hydrogens is 252 g/mol. The van der Waals surface area contributed by atoms with Crippen LogP contribution in [0.3, 0.4) is 0 Å². The van der Waals surface area contributed by atoms with Crippen molar-refractivity contribution in [1.29, 1.82) is 0 Å². The van der Waals surface area contributed by atoms with E-state index in [4.69, 9.17) is 4.74 Å². The van der Waals surface area contributed by atoms with Crippen molar-refractivity contribution in [2.45, 2.75) is 38.8 Å². The van der Waals surface area contributed by atoms with Crippen LogP contribution >= 0.6 is 0 Å². The molecule has 1 aliphatic rings. The van der Waals surface area contributed by atoms with Gasteiger partial charge in [0.15, 0.2) is 0 Å². The maximum Gasteiger partial charge on any atom is 0.407 e. The molecule has 0 unspecified atom stereocenters. The molecule has 1 aromatic heterocycles. The molecule has 0 fully saturated rings. The number of para-hydroxylation sites is 1. The number of hydrogen-bond donors (Lipinski definition) is 1. The molecule has 106 valence electrons. The van der Waals surface area contributed by atoms with Gasteiger partial charge in [-0.1, -0.05) is 25.1 Å². The first-order chi connectivity index (χ1) is 9.78. The quantitative estimate of drug-likeness (QED) is 0.933. The Morgan fingerprint density at radius 1 is 1.45 bits per heavy atom. The summed E-state index contributed by atoms with van der Waals surface area (Å²) in [5.41, 5.74) is 2.58. The Balaban J connectivity index is 1.71. The molecule has 0 spiro atoms. The van der Waals surface area contributed by atoms with E-state index in [9.17, 15) is 4.79 Å². The van der Waals surface area contributed by atoms with Gasteiger partial charge in [-0.3, -0.25) is 0 Å². The molecule has 0 bridgehead atoms. The molecule has 0 saturated carbocycles. The lowest BCUT2D eigenvalue weighted by Gasteiger charge is -2.25. The van der Waals surface area contributed by atoms with Crippen LogP contribution in [0.4, 0.5) is 4.79 Å². The van der Waals surface area contributed by atoms with E-state index in [1.807, 2.05) is 6.92 Å². The average molecular weight is 272 g/mol. The van der Waals surface area contributed by atoms with Gasteiger partial charge < -0.3 is 14.6 Å². The number of carbonyl (C=O) groups excluding carboxylic acids is 1. The van der Waals surface area contributed by atoms with Gasteiger partial charge in [0.05, 0.1) is 6.61 Å². The van der Waals surface area contributed by atoms with Crippen molar-refractivity contribution in [2.24, 2.45) is 0 Å². The minimum Gasteiger partial charge on any atom is -0.450 e. The van der Waals surface area contributed by atoms with Crippen molar-refractivity contribution in [3.63, 3.8) is 0 Å². The summed E-state index contributed by atoms with van der Waals surface area (Å²) < 4.78 is 7.44. The largest absolute Gasteiger partial charge is 0.450 e. The number of rotatable bonds is 3. The van der Waals surface area contributed by atoms with Crippen LogP contribution in [0.5, 0.6) is 0 Å². The van der Waals surface area contributed by atoms with Crippen LogP contribution in [0.1, 0.15) is 25.5 Å². The molecule has 4 nitrogen and oxygen atoms in total. The van der Waals surface area contributed by atoms with E-state index in [1.54, 1.807) is 0 Å². The Morgan fingerprint density at radius 3 is 3.15 bits per heavy atom. The molecule has 1 N–H and O–H groups in total. The lowest BCUT2D eigenvalue weighted by Crippen LogP contribution is -2.40. The predicted octanol–water partition coefficient (Wildman–Crippen LogP) is 3.09. The van der Waals surface area contributed by atoms with Crippen LogP contribution in [-0.4, -0.2) is 23.3 Å². The number of aryl methyl sites for hydroxylation is 1. The SMILES string of the molecule is CCCOC(=O)N[C@H]1CCn2c(cc3ccccc32)C1. The lowest BCUT2D eigenvalue weighted by molar-refractivity contribution is 0.140. The third-order valence-electron chi connectivity index (χ3n) is 3.81. The molecule has 0 aliphatic carbocycles. The summed E-state index contributed by atoms with van der Waals surface area (Å²) in [5.74, 6) is 0. The third kappa shape index (κ3) is 2.50. The number of ether oxygens (including phenoxy) is 1. The number of fused-ring (bicyclic) bond motifs is 3. The highest BCUT2D eigenvalue weighted by atomic mass is 16.5. The fourth-order valence-electron chi connectivity index (χ4n) is 2.87. The van der Waals surface area contributed by atoms with Crippen molar-refractivity contribution < 1.29 is 9.53 Å². The van der Waals surface area contributed by atoms with Crippen LogP contribution in [0.15, 0.2) is 30.3 Å². The summed E-state index contributed by atoms with van der Waals surface area (Å²) >= 11 is 0. The molecule has 2 heterocycles. The van der Waals surface area contributed by atoms with Crippen LogP contribution in [0, 0.1) is 0 Å². The maximum atomic E-state index is 11.6. The summed E-state index contributed by atoms with van der Waals surface area (Å²) in [6.07, 6.45) is 2.39. The average Bonchev–Trinajstić information content (AvgIpc) is 2.82. The molecule has 4 heteroatoms. The molecule has 0 saturated heterocycles. The van der Waals surface area contributed by atoms with Crippen molar-refractivity contribution in [1.82, 2.24) is 9.88 Å². The van der Waals surface area contributed by atoms with Gasteiger partial charge in [0.2, 0.25) is 0 Å². The number of alkyl carbamates (subject to hydrolysis) is 1. The summed E-state index contributed by atoms with van der Waals surface area (Å²) in [5, 5.41) is 4.24. The van der Waals surface area contributed by atoms with Crippen molar-refractivity contribution in [2.75, 3.05) is 6.61 Å². The molecule has 0 radical (unpaired) electrons. The fraction of sp³-hybridized carbons (Fsp3) is 0.438. The van der Waals surface area contributed by atoms with Gasteiger partial charge in [-0.05, 0) is 30.4 Å². The van der Waals surface area contributed by atoms with Crippen molar-refractivity contribution in [3.05, 3.63) is 36.0 Å². The Morgan fingerprint density at radius 2 is 2.30 bits per heavy atom. The van der Waals surface area contributed by atoms with Crippen LogP contribution in [0.25, 0.3) is 10.9 Å². The molecule has 3 rings (SSSR count). The Bertz CT molecular complexity index is 618. The number of aromatic nitrogens is 1. The summed E-state index contributed by atoms with van der Waals surface area (Å²) in [7, 11) is 0. The number of hydrogen-bond acceptors (Lipinski definition) is 2. The summed E-state index contributed by atoms with van der Waals surface area (Å²) in [6.45, 7) is 3.42. The normalized spacial score (nSPS) is 17.8. The summed E-state index contributed by atoms with van der Waals surface area (Å²) in [6, 6.07) is 10.8. The van der Waals surface area contributed by atoms with E-state index in [1.165, 1.54) is 16.6 Å². The number of nitrogens with one attached hydrogen (secondary N) is 1. The monoisotopic (exact) mass is 272 g/mol. The van der Waals surface area contributed by atoms with Gasteiger partial charge in [-0.25, -0.2) is 4.79 Å². The zero-order valence-corrected chi connectivity index (χ0v) is 11.8. The number of amides is 1. The van der Waals surface area contributed by atoms with Crippen LogP contribution in [-0.2, 0) is 17.7 Å². The van der Waals surface area contributed by atoms with Crippen molar-refractivity contribution >= 4 is 17.0 Å².